The highest BCUT2D eigenvalue weighted by atomic mass is 19.1. The lowest BCUT2D eigenvalue weighted by molar-refractivity contribution is 0.0684. The third-order valence-electron chi connectivity index (χ3n) is 7.77. The average Bonchev–Trinajstić information content (AvgIpc) is 3.15. The highest BCUT2D eigenvalue weighted by Crippen LogP contribution is 2.33. The summed E-state index contributed by atoms with van der Waals surface area (Å²) in [7, 11) is 1.80. The second kappa shape index (κ2) is 11.5. The van der Waals surface area contributed by atoms with E-state index in [2.05, 4.69) is 39.1 Å². The normalized spacial score (nSPS) is 17.3. The Hall–Kier alpha value is -3.10. The monoisotopic (exact) mass is 510 g/mol. The van der Waals surface area contributed by atoms with E-state index in [1.54, 1.807) is 17.7 Å². The first-order valence-electron chi connectivity index (χ1n) is 13.6. The van der Waals surface area contributed by atoms with Crippen LogP contribution >= 0.6 is 0 Å². The van der Waals surface area contributed by atoms with Crippen molar-refractivity contribution in [3.8, 4) is 11.5 Å². The van der Waals surface area contributed by atoms with E-state index in [1.165, 1.54) is 44.7 Å². The largest absolute Gasteiger partial charge is 0.475 e. The number of pyridine rings is 1. The van der Waals surface area contributed by atoms with Gasteiger partial charge in [-0.3, -0.25) is 0 Å². The molecule has 1 unspecified atom stereocenters. The van der Waals surface area contributed by atoms with Crippen LogP contribution < -0.4 is 5.32 Å². The fourth-order valence-electron chi connectivity index (χ4n) is 5.14. The maximum atomic E-state index is 14.1. The third kappa shape index (κ3) is 6.08. The van der Waals surface area contributed by atoms with Gasteiger partial charge in [-0.15, -0.1) is 0 Å². The smallest absolute Gasteiger partial charge is 0.374 e. The van der Waals surface area contributed by atoms with Gasteiger partial charge >= 0.3 is 5.97 Å². The molecule has 3 aromatic heterocycles. The summed E-state index contributed by atoms with van der Waals surface area (Å²) in [5, 5.41) is 12.8. The number of aromatic nitrogens is 5. The molecular weight excluding hydrogens is 471 g/mol. The number of halogens is 1. The zero-order valence-electron chi connectivity index (χ0n) is 22.6. The summed E-state index contributed by atoms with van der Waals surface area (Å²) in [6.07, 6.45) is 12.1. The SMILES string of the molecule is CC(C)c1cc(-c2nc3nc(C(=O)O)nc(NC(C)C4CCC4)c3n2C)ncc1F.CC1CCCCC1. The molecule has 0 bridgehead atoms. The van der Waals surface area contributed by atoms with Crippen molar-refractivity contribution in [3.05, 3.63) is 29.5 Å². The summed E-state index contributed by atoms with van der Waals surface area (Å²) in [5.74, 6) is 0.567. The van der Waals surface area contributed by atoms with Crippen molar-refractivity contribution in [3.63, 3.8) is 0 Å². The molecule has 37 heavy (non-hydrogen) atoms. The number of anilines is 1. The molecule has 3 heterocycles. The molecule has 0 saturated heterocycles. The third-order valence-corrected chi connectivity index (χ3v) is 7.77. The van der Waals surface area contributed by atoms with Gasteiger partial charge < -0.3 is 15.0 Å². The topological polar surface area (TPSA) is 106 Å². The minimum Gasteiger partial charge on any atom is -0.475 e. The molecule has 0 aliphatic heterocycles. The number of carbonyl (C=O) groups is 1. The Morgan fingerprint density at radius 2 is 1.78 bits per heavy atom. The van der Waals surface area contributed by atoms with Crippen LogP contribution in [0.25, 0.3) is 22.7 Å². The lowest BCUT2D eigenvalue weighted by Crippen LogP contribution is -2.31. The molecule has 0 amide bonds. The first-order valence-corrected chi connectivity index (χ1v) is 13.6. The van der Waals surface area contributed by atoms with Crippen LogP contribution in [0.3, 0.4) is 0 Å². The molecule has 0 spiro atoms. The van der Waals surface area contributed by atoms with E-state index in [4.69, 9.17) is 0 Å². The molecule has 2 N–H and O–H groups in total. The fourth-order valence-corrected chi connectivity index (χ4v) is 5.14. The molecule has 3 aromatic rings. The summed E-state index contributed by atoms with van der Waals surface area (Å²) < 4.78 is 15.9. The number of hydrogen-bond acceptors (Lipinski definition) is 6. The molecular formula is C28H39FN6O2. The van der Waals surface area contributed by atoms with Gasteiger partial charge in [0.05, 0.1) is 6.20 Å². The fraction of sp³-hybridized carbons (Fsp3) is 0.607. The van der Waals surface area contributed by atoms with Crippen LogP contribution in [0.2, 0.25) is 0 Å². The number of carboxylic acids is 1. The summed E-state index contributed by atoms with van der Waals surface area (Å²) in [5.41, 5.74) is 1.90. The van der Waals surface area contributed by atoms with Crippen molar-refractivity contribution in [2.24, 2.45) is 18.9 Å². The number of hydrogen-bond donors (Lipinski definition) is 2. The predicted octanol–water partition coefficient (Wildman–Crippen LogP) is 6.57. The van der Waals surface area contributed by atoms with Gasteiger partial charge in [-0.1, -0.05) is 59.3 Å². The van der Waals surface area contributed by atoms with Gasteiger partial charge in [0.25, 0.3) is 0 Å². The number of nitrogens with one attached hydrogen (secondary N) is 1. The van der Waals surface area contributed by atoms with Crippen molar-refractivity contribution < 1.29 is 14.3 Å². The number of imidazole rings is 1. The Morgan fingerprint density at radius 1 is 1.08 bits per heavy atom. The van der Waals surface area contributed by atoms with Gasteiger partial charge in [0, 0.05) is 13.1 Å². The molecule has 2 saturated carbocycles. The minimum atomic E-state index is -1.22. The van der Waals surface area contributed by atoms with Gasteiger partial charge in [0.2, 0.25) is 5.82 Å². The van der Waals surface area contributed by atoms with E-state index in [-0.39, 0.29) is 29.2 Å². The van der Waals surface area contributed by atoms with Gasteiger partial charge in [-0.2, -0.15) is 0 Å². The van der Waals surface area contributed by atoms with Crippen LogP contribution in [0, 0.1) is 17.7 Å². The van der Waals surface area contributed by atoms with Crippen LogP contribution in [0.4, 0.5) is 10.2 Å². The summed E-state index contributed by atoms with van der Waals surface area (Å²) in [6, 6.07) is 1.82. The number of aromatic carboxylic acids is 1. The van der Waals surface area contributed by atoms with Crippen molar-refractivity contribution in [2.45, 2.75) is 91.0 Å². The number of aryl methyl sites for hydroxylation is 1. The quantitative estimate of drug-likeness (QED) is 0.386. The predicted molar refractivity (Wildman–Crippen MR) is 143 cm³/mol. The van der Waals surface area contributed by atoms with Gasteiger partial charge in [0.1, 0.15) is 17.0 Å². The second-order valence-corrected chi connectivity index (χ2v) is 11.0. The summed E-state index contributed by atoms with van der Waals surface area (Å²) in [4.78, 5) is 28.7. The lowest BCUT2D eigenvalue weighted by atomic mass is 9.80. The number of fused-ring (bicyclic) bond motifs is 1. The van der Waals surface area contributed by atoms with E-state index in [0.717, 1.165) is 18.8 Å². The van der Waals surface area contributed by atoms with Crippen LogP contribution in [-0.4, -0.2) is 41.6 Å². The van der Waals surface area contributed by atoms with Crippen molar-refractivity contribution >= 4 is 23.0 Å². The minimum absolute atomic E-state index is 0.0135. The van der Waals surface area contributed by atoms with Crippen LogP contribution in [0.1, 0.15) is 101 Å². The van der Waals surface area contributed by atoms with Crippen LogP contribution in [0.5, 0.6) is 0 Å². The standard InChI is InChI=1S/C21H25FN6O2.C7H14/c1-10(2)13-8-15(23-9-14(13)22)20-27-18-16(28(20)4)17(25-19(26-18)21(29)30)24-11(3)12-6-5-7-12;1-7-5-3-2-4-6-7/h8-12H,5-7H2,1-4H3,(H,29,30)(H,24,25,26);7H,2-6H2,1H3. The van der Waals surface area contributed by atoms with Crippen molar-refractivity contribution in [1.82, 2.24) is 24.5 Å². The highest BCUT2D eigenvalue weighted by Gasteiger charge is 2.27. The molecule has 200 valence electrons. The molecule has 5 rings (SSSR count). The Labute approximate surface area is 218 Å². The Bertz CT molecular complexity index is 1250. The van der Waals surface area contributed by atoms with E-state index in [1.807, 2.05) is 13.8 Å². The highest BCUT2D eigenvalue weighted by molar-refractivity contribution is 5.92. The van der Waals surface area contributed by atoms with E-state index in [0.29, 0.717) is 34.3 Å². The van der Waals surface area contributed by atoms with Crippen LogP contribution in [-0.2, 0) is 7.05 Å². The first kappa shape index (κ1) is 26.9. The summed E-state index contributed by atoms with van der Waals surface area (Å²) >= 11 is 0. The zero-order chi connectivity index (χ0) is 26.7. The Balaban J connectivity index is 0.000000396. The van der Waals surface area contributed by atoms with E-state index < -0.39 is 5.97 Å². The molecule has 1 atom stereocenters. The first-order chi connectivity index (χ1) is 17.7. The van der Waals surface area contributed by atoms with Crippen molar-refractivity contribution in [1.29, 1.82) is 0 Å². The van der Waals surface area contributed by atoms with E-state index in [9.17, 15) is 14.3 Å². The number of carboxylic acid groups (broad SMARTS) is 1. The molecule has 2 aliphatic rings. The van der Waals surface area contributed by atoms with E-state index >= 15 is 0 Å². The average molecular weight is 511 g/mol. The molecule has 9 heteroatoms. The molecule has 0 aromatic carbocycles. The molecule has 2 fully saturated rings. The summed E-state index contributed by atoms with van der Waals surface area (Å²) in [6.45, 7) is 8.25. The maximum absolute atomic E-state index is 14.1. The zero-order valence-corrected chi connectivity index (χ0v) is 22.6. The maximum Gasteiger partial charge on any atom is 0.374 e. The second-order valence-electron chi connectivity index (χ2n) is 11.0. The Morgan fingerprint density at radius 3 is 2.32 bits per heavy atom. The van der Waals surface area contributed by atoms with Crippen molar-refractivity contribution in [2.75, 3.05) is 5.32 Å². The lowest BCUT2D eigenvalue weighted by Gasteiger charge is -2.32. The molecule has 0 radical (unpaired) electrons. The Kier molecular flexibility index (Phi) is 8.39. The van der Waals surface area contributed by atoms with Crippen LogP contribution in [0.15, 0.2) is 12.3 Å². The molecule has 8 nitrogen and oxygen atoms in total. The number of nitrogens with zero attached hydrogens (tertiary/aromatic N) is 5. The van der Waals surface area contributed by atoms with Gasteiger partial charge in [-0.25, -0.2) is 29.1 Å². The van der Waals surface area contributed by atoms with Gasteiger partial charge in [0.15, 0.2) is 17.3 Å². The van der Waals surface area contributed by atoms with Gasteiger partial charge in [-0.05, 0) is 49.1 Å². The molecule has 2 aliphatic carbocycles. The number of rotatable bonds is 6.